The van der Waals surface area contributed by atoms with E-state index in [1.807, 2.05) is 0 Å². The van der Waals surface area contributed by atoms with Crippen LogP contribution in [0.4, 0.5) is 8.78 Å². The number of carbonyl (C=O) groups excluding carboxylic acids is 1. The van der Waals surface area contributed by atoms with Crippen molar-refractivity contribution in [2.45, 2.75) is 22.6 Å². The second-order valence-electron chi connectivity index (χ2n) is 5.75. The summed E-state index contributed by atoms with van der Waals surface area (Å²) in [4.78, 5) is 14.6. The molecule has 2 aromatic rings. The highest BCUT2D eigenvalue weighted by Gasteiger charge is 2.30. The Hall–Kier alpha value is -2.16. The van der Waals surface area contributed by atoms with Gasteiger partial charge in [0.1, 0.15) is 0 Å². The van der Waals surface area contributed by atoms with Crippen molar-refractivity contribution >= 4 is 16.7 Å². The van der Waals surface area contributed by atoms with E-state index in [1.54, 1.807) is 17.0 Å². The quantitative estimate of drug-likeness (QED) is 0.722. The normalized spacial score (nSPS) is 14.8. The first-order chi connectivity index (χ1) is 12.4. The van der Waals surface area contributed by atoms with E-state index in [4.69, 9.17) is 9.47 Å². The zero-order chi connectivity index (χ0) is 18.8. The Morgan fingerprint density at radius 2 is 1.73 bits per heavy atom. The highest BCUT2D eigenvalue weighted by atomic mass is 32.2. The molecule has 26 heavy (non-hydrogen) atoms. The summed E-state index contributed by atoms with van der Waals surface area (Å²) in [5, 5.41) is 0. The predicted octanol–water partition coefficient (Wildman–Crippen LogP) is 2.71. The van der Waals surface area contributed by atoms with Crippen molar-refractivity contribution in [2.75, 3.05) is 20.8 Å². The van der Waals surface area contributed by atoms with E-state index in [0.717, 1.165) is 17.7 Å². The SMILES string of the molecule is COC(CN1Cc2ccc(S(=O)c3ccc(F)c(F)c3)cc2C1=O)OC. The van der Waals surface area contributed by atoms with Gasteiger partial charge in [0.15, 0.2) is 17.9 Å². The number of carbonyl (C=O) groups is 1. The number of hydrogen-bond acceptors (Lipinski definition) is 4. The van der Waals surface area contributed by atoms with Gasteiger partial charge in [-0.1, -0.05) is 6.07 Å². The fraction of sp³-hybridized carbons (Fsp3) is 0.278. The van der Waals surface area contributed by atoms with Crippen LogP contribution in [0.1, 0.15) is 15.9 Å². The summed E-state index contributed by atoms with van der Waals surface area (Å²) in [5.41, 5.74) is 1.23. The van der Waals surface area contributed by atoms with Crippen molar-refractivity contribution in [2.24, 2.45) is 0 Å². The van der Waals surface area contributed by atoms with Gasteiger partial charge < -0.3 is 14.4 Å². The summed E-state index contributed by atoms with van der Waals surface area (Å²) < 4.78 is 49.3. The van der Waals surface area contributed by atoms with Crippen LogP contribution in [0, 0.1) is 11.6 Å². The van der Waals surface area contributed by atoms with E-state index in [9.17, 15) is 17.8 Å². The maximum absolute atomic E-state index is 13.4. The Balaban J connectivity index is 1.84. The van der Waals surface area contributed by atoms with Gasteiger partial charge in [0, 0.05) is 36.1 Å². The number of ether oxygens (including phenoxy) is 2. The van der Waals surface area contributed by atoms with Crippen LogP contribution in [0.25, 0.3) is 0 Å². The van der Waals surface area contributed by atoms with E-state index < -0.39 is 28.7 Å². The third-order valence-electron chi connectivity index (χ3n) is 4.17. The second-order valence-corrected chi connectivity index (χ2v) is 7.23. The van der Waals surface area contributed by atoms with Crippen LogP contribution in [0.2, 0.25) is 0 Å². The van der Waals surface area contributed by atoms with E-state index >= 15 is 0 Å². The Bertz CT molecular complexity index is 870. The van der Waals surface area contributed by atoms with Crippen molar-refractivity contribution in [3.8, 4) is 0 Å². The molecule has 0 radical (unpaired) electrons. The molecule has 1 amide bonds. The average molecular weight is 381 g/mol. The molecule has 8 heteroatoms. The zero-order valence-electron chi connectivity index (χ0n) is 14.2. The number of amides is 1. The summed E-state index contributed by atoms with van der Waals surface area (Å²) in [6.45, 7) is 0.664. The molecular formula is C18H17F2NO4S. The number of methoxy groups -OCH3 is 2. The molecule has 2 aromatic carbocycles. The van der Waals surface area contributed by atoms with Crippen LogP contribution < -0.4 is 0 Å². The lowest BCUT2D eigenvalue weighted by molar-refractivity contribution is -0.112. The van der Waals surface area contributed by atoms with E-state index in [-0.39, 0.29) is 17.3 Å². The minimum absolute atomic E-state index is 0.130. The molecule has 0 saturated carbocycles. The van der Waals surface area contributed by atoms with Gasteiger partial charge >= 0.3 is 0 Å². The number of nitrogens with zero attached hydrogens (tertiary/aromatic N) is 1. The topological polar surface area (TPSA) is 55.8 Å². The molecule has 1 heterocycles. The van der Waals surface area contributed by atoms with Crippen molar-refractivity contribution in [3.05, 3.63) is 59.2 Å². The van der Waals surface area contributed by atoms with Crippen molar-refractivity contribution in [1.82, 2.24) is 4.90 Å². The molecule has 0 saturated heterocycles. The van der Waals surface area contributed by atoms with Crippen LogP contribution in [-0.2, 0) is 26.8 Å². The molecule has 0 N–H and O–H groups in total. The molecule has 5 nitrogen and oxygen atoms in total. The number of benzene rings is 2. The summed E-state index contributed by atoms with van der Waals surface area (Å²) >= 11 is 0. The third-order valence-corrected chi connectivity index (χ3v) is 5.54. The van der Waals surface area contributed by atoms with Crippen LogP contribution in [0.5, 0.6) is 0 Å². The summed E-state index contributed by atoms with van der Waals surface area (Å²) in [5.74, 6) is -2.29. The molecule has 1 atom stereocenters. The van der Waals surface area contributed by atoms with Crippen LogP contribution >= 0.6 is 0 Å². The molecule has 1 aliphatic heterocycles. The first-order valence-corrected chi connectivity index (χ1v) is 8.94. The van der Waals surface area contributed by atoms with Gasteiger partial charge in [-0.05, 0) is 35.9 Å². The van der Waals surface area contributed by atoms with E-state index in [1.165, 1.54) is 26.4 Å². The maximum Gasteiger partial charge on any atom is 0.254 e. The van der Waals surface area contributed by atoms with Gasteiger partial charge in [-0.15, -0.1) is 0 Å². The lowest BCUT2D eigenvalue weighted by atomic mass is 10.1. The van der Waals surface area contributed by atoms with Crippen molar-refractivity contribution in [3.63, 3.8) is 0 Å². The first-order valence-electron chi connectivity index (χ1n) is 7.79. The van der Waals surface area contributed by atoms with E-state index in [0.29, 0.717) is 17.0 Å². The molecule has 1 unspecified atom stereocenters. The smallest absolute Gasteiger partial charge is 0.254 e. The third kappa shape index (κ3) is 3.53. The van der Waals surface area contributed by atoms with Crippen LogP contribution in [-0.4, -0.2) is 42.1 Å². The minimum atomic E-state index is -1.72. The molecule has 0 aliphatic carbocycles. The number of halogens is 2. The average Bonchev–Trinajstić information content (AvgIpc) is 2.96. The molecule has 3 rings (SSSR count). The maximum atomic E-state index is 13.4. The number of fused-ring (bicyclic) bond motifs is 1. The molecule has 138 valence electrons. The largest absolute Gasteiger partial charge is 0.354 e. The van der Waals surface area contributed by atoms with Gasteiger partial charge in [-0.2, -0.15) is 0 Å². The number of hydrogen-bond donors (Lipinski definition) is 0. The molecule has 1 aliphatic rings. The van der Waals surface area contributed by atoms with Crippen LogP contribution in [0.3, 0.4) is 0 Å². The second kappa shape index (κ2) is 7.61. The lowest BCUT2D eigenvalue weighted by Gasteiger charge is -2.21. The fourth-order valence-corrected chi connectivity index (χ4v) is 3.85. The van der Waals surface area contributed by atoms with Gasteiger partial charge in [-0.3, -0.25) is 4.79 Å². The molecule has 0 aromatic heterocycles. The Morgan fingerprint density at radius 1 is 1.08 bits per heavy atom. The molecule has 0 spiro atoms. The van der Waals surface area contributed by atoms with Gasteiger partial charge in [0.25, 0.3) is 5.91 Å². The van der Waals surface area contributed by atoms with Gasteiger partial charge in [0.2, 0.25) is 0 Å². The first kappa shape index (κ1) is 18.6. The van der Waals surface area contributed by atoms with Crippen LogP contribution in [0.15, 0.2) is 46.2 Å². The molecule has 0 bridgehead atoms. The fourth-order valence-electron chi connectivity index (χ4n) is 2.76. The van der Waals surface area contributed by atoms with Gasteiger partial charge in [-0.25, -0.2) is 13.0 Å². The molecular weight excluding hydrogens is 364 g/mol. The summed E-state index contributed by atoms with van der Waals surface area (Å²) in [7, 11) is 1.26. The van der Waals surface area contributed by atoms with Crippen molar-refractivity contribution in [1.29, 1.82) is 0 Å². The molecule has 0 fully saturated rings. The Kier molecular flexibility index (Phi) is 5.45. The van der Waals surface area contributed by atoms with E-state index in [2.05, 4.69) is 0 Å². The zero-order valence-corrected chi connectivity index (χ0v) is 15.0. The minimum Gasteiger partial charge on any atom is -0.354 e. The number of rotatable bonds is 6. The highest BCUT2D eigenvalue weighted by molar-refractivity contribution is 7.85. The standard InChI is InChI=1S/C18H17F2NO4S/c1-24-17(25-2)10-21-9-11-3-4-12(7-14(11)18(21)22)26(23)13-5-6-15(19)16(20)8-13/h3-8,17H,9-10H2,1-2H3. The summed E-state index contributed by atoms with van der Waals surface area (Å²) in [6.07, 6.45) is -0.538. The highest BCUT2D eigenvalue weighted by Crippen LogP contribution is 2.27. The summed E-state index contributed by atoms with van der Waals surface area (Å²) in [6, 6.07) is 7.96. The lowest BCUT2D eigenvalue weighted by Crippen LogP contribution is -2.34. The Labute approximate surface area is 152 Å². The van der Waals surface area contributed by atoms with Gasteiger partial charge in [0.05, 0.1) is 17.3 Å². The monoisotopic (exact) mass is 381 g/mol. The predicted molar refractivity (Wildman–Crippen MR) is 90.0 cm³/mol. The Morgan fingerprint density at radius 3 is 2.38 bits per heavy atom. The van der Waals surface area contributed by atoms with Crippen molar-refractivity contribution < 1.29 is 27.3 Å².